The first-order valence-corrected chi connectivity index (χ1v) is 10.4. The van der Waals surface area contributed by atoms with Crippen molar-refractivity contribution in [1.29, 1.82) is 0 Å². The molecule has 0 unspecified atom stereocenters. The molecule has 29 heavy (non-hydrogen) atoms. The van der Waals surface area contributed by atoms with Crippen LogP contribution in [0.25, 0.3) is 0 Å². The number of amides is 1. The number of nitrogens with one attached hydrogen (secondary N) is 1. The molecule has 150 valence electrons. The molecule has 1 aromatic carbocycles. The van der Waals surface area contributed by atoms with E-state index in [9.17, 15) is 9.59 Å². The highest BCUT2D eigenvalue weighted by Crippen LogP contribution is 2.31. The first kappa shape index (κ1) is 19.3. The van der Waals surface area contributed by atoms with Gasteiger partial charge in [-0.1, -0.05) is 12.1 Å². The van der Waals surface area contributed by atoms with Crippen LogP contribution in [-0.2, 0) is 6.42 Å². The number of ether oxygens (including phenoxy) is 1. The SMILES string of the molecule is COc1ccc(Cc2nnc(C3CCN(C(=O)c4ccc(=O)[nH]c4)CC3)s2)cc1. The number of aromatic nitrogens is 3. The Labute approximate surface area is 172 Å². The number of likely N-dealkylation sites (tertiary alicyclic amines) is 1. The van der Waals surface area contributed by atoms with Crippen molar-refractivity contribution in [2.75, 3.05) is 20.2 Å². The zero-order chi connectivity index (χ0) is 20.2. The summed E-state index contributed by atoms with van der Waals surface area (Å²) in [5.74, 6) is 1.13. The summed E-state index contributed by atoms with van der Waals surface area (Å²) in [4.78, 5) is 28.1. The third kappa shape index (κ3) is 4.54. The molecule has 0 radical (unpaired) electrons. The Morgan fingerprint density at radius 1 is 1.17 bits per heavy atom. The molecular formula is C21H22N4O3S. The third-order valence-electron chi connectivity index (χ3n) is 5.16. The molecule has 1 fully saturated rings. The minimum atomic E-state index is -0.207. The van der Waals surface area contributed by atoms with Gasteiger partial charge < -0.3 is 14.6 Å². The molecule has 1 N–H and O–H groups in total. The van der Waals surface area contributed by atoms with Gasteiger partial charge >= 0.3 is 0 Å². The predicted molar refractivity (Wildman–Crippen MR) is 111 cm³/mol. The number of hydrogen-bond acceptors (Lipinski definition) is 6. The van der Waals surface area contributed by atoms with Crippen LogP contribution in [0, 0.1) is 0 Å². The van der Waals surface area contributed by atoms with Gasteiger partial charge in [-0.3, -0.25) is 9.59 Å². The van der Waals surface area contributed by atoms with Crippen LogP contribution >= 0.6 is 11.3 Å². The normalized spacial score (nSPS) is 14.7. The maximum atomic E-state index is 12.6. The quantitative estimate of drug-likeness (QED) is 0.699. The lowest BCUT2D eigenvalue weighted by atomic mass is 9.97. The Morgan fingerprint density at radius 2 is 1.93 bits per heavy atom. The lowest BCUT2D eigenvalue weighted by molar-refractivity contribution is 0.0712. The summed E-state index contributed by atoms with van der Waals surface area (Å²) in [5.41, 5.74) is 1.48. The number of rotatable bonds is 5. The van der Waals surface area contributed by atoms with E-state index in [2.05, 4.69) is 15.2 Å². The van der Waals surface area contributed by atoms with Crippen LogP contribution in [-0.4, -0.2) is 46.2 Å². The van der Waals surface area contributed by atoms with E-state index in [1.807, 2.05) is 29.2 Å². The Kier molecular flexibility index (Phi) is 5.71. The van der Waals surface area contributed by atoms with Gasteiger partial charge in [0.2, 0.25) is 5.56 Å². The van der Waals surface area contributed by atoms with Crippen molar-refractivity contribution in [3.05, 3.63) is 74.1 Å². The highest BCUT2D eigenvalue weighted by Gasteiger charge is 2.26. The van der Waals surface area contributed by atoms with Crippen LogP contribution in [0.2, 0.25) is 0 Å². The maximum absolute atomic E-state index is 12.6. The Hall–Kier alpha value is -3.00. The van der Waals surface area contributed by atoms with Gasteiger partial charge in [0, 0.05) is 37.7 Å². The second kappa shape index (κ2) is 8.57. The monoisotopic (exact) mass is 410 g/mol. The molecule has 4 rings (SSSR count). The van der Waals surface area contributed by atoms with Crippen LogP contribution in [0.15, 0.2) is 47.4 Å². The largest absolute Gasteiger partial charge is 0.497 e. The molecular weight excluding hydrogens is 388 g/mol. The lowest BCUT2D eigenvalue weighted by Gasteiger charge is -2.30. The summed E-state index contributed by atoms with van der Waals surface area (Å²) >= 11 is 1.66. The minimum Gasteiger partial charge on any atom is -0.497 e. The molecule has 0 spiro atoms. The lowest BCUT2D eigenvalue weighted by Crippen LogP contribution is -2.38. The number of pyridine rings is 1. The second-order valence-electron chi connectivity index (χ2n) is 7.07. The van der Waals surface area contributed by atoms with Crippen molar-refractivity contribution in [1.82, 2.24) is 20.1 Å². The number of carbonyl (C=O) groups is 1. The van der Waals surface area contributed by atoms with Gasteiger partial charge in [-0.25, -0.2) is 0 Å². The fraction of sp³-hybridized carbons (Fsp3) is 0.333. The Morgan fingerprint density at radius 3 is 2.59 bits per heavy atom. The van der Waals surface area contributed by atoms with Crippen LogP contribution in [0.1, 0.15) is 44.7 Å². The standard InChI is InChI=1S/C21H22N4O3S/c1-28-17-5-2-14(3-6-17)12-19-23-24-20(29-19)15-8-10-25(11-9-15)21(27)16-4-7-18(26)22-13-16/h2-7,13,15H,8-12H2,1H3,(H,22,26). The molecule has 1 aliphatic heterocycles. The molecule has 1 aliphatic rings. The summed E-state index contributed by atoms with van der Waals surface area (Å²) in [6, 6.07) is 10.9. The highest BCUT2D eigenvalue weighted by atomic mass is 32.1. The maximum Gasteiger partial charge on any atom is 0.255 e. The summed E-state index contributed by atoms with van der Waals surface area (Å²) in [6.07, 6.45) is 3.97. The van der Waals surface area contributed by atoms with Crippen LogP contribution in [0.5, 0.6) is 5.75 Å². The number of nitrogens with zero attached hydrogens (tertiary/aromatic N) is 3. The number of benzene rings is 1. The molecule has 0 bridgehead atoms. The molecule has 8 heteroatoms. The summed E-state index contributed by atoms with van der Waals surface area (Å²) in [6.45, 7) is 1.35. The Bertz CT molecular complexity index is 1020. The van der Waals surface area contributed by atoms with Gasteiger partial charge in [0.25, 0.3) is 5.91 Å². The fourth-order valence-electron chi connectivity index (χ4n) is 3.48. The van der Waals surface area contributed by atoms with E-state index in [0.29, 0.717) is 24.6 Å². The zero-order valence-electron chi connectivity index (χ0n) is 16.1. The van der Waals surface area contributed by atoms with Gasteiger partial charge in [-0.05, 0) is 36.6 Å². The molecule has 0 saturated carbocycles. The fourth-order valence-corrected chi connectivity index (χ4v) is 4.52. The first-order valence-electron chi connectivity index (χ1n) is 9.55. The molecule has 3 heterocycles. The van der Waals surface area contributed by atoms with Crippen LogP contribution in [0.3, 0.4) is 0 Å². The van der Waals surface area contributed by atoms with Gasteiger partial charge in [-0.15, -0.1) is 21.5 Å². The predicted octanol–water partition coefficient (Wildman–Crippen LogP) is 2.85. The third-order valence-corrected chi connectivity index (χ3v) is 6.25. The average molecular weight is 410 g/mol. The molecule has 1 amide bonds. The molecule has 7 nitrogen and oxygen atoms in total. The van der Waals surface area contributed by atoms with Crippen LogP contribution < -0.4 is 10.3 Å². The van der Waals surface area contributed by atoms with Crippen molar-refractivity contribution in [2.45, 2.75) is 25.2 Å². The minimum absolute atomic E-state index is 0.0443. The Balaban J connectivity index is 1.34. The number of piperidine rings is 1. The van der Waals surface area contributed by atoms with E-state index in [-0.39, 0.29) is 11.5 Å². The van der Waals surface area contributed by atoms with Crippen molar-refractivity contribution < 1.29 is 9.53 Å². The molecule has 3 aromatic rings. The molecule has 2 aromatic heterocycles. The number of methoxy groups -OCH3 is 1. The number of carbonyl (C=O) groups excluding carboxylic acids is 1. The second-order valence-corrected chi connectivity index (χ2v) is 8.16. The van der Waals surface area contributed by atoms with Crippen molar-refractivity contribution in [2.24, 2.45) is 0 Å². The van der Waals surface area contributed by atoms with Gasteiger partial charge in [0.05, 0.1) is 12.7 Å². The van der Waals surface area contributed by atoms with Crippen molar-refractivity contribution in [3.8, 4) is 5.75 Å². The number of aromatic amines is 1. The summed E-state index contributed by atoms with van der Waals surface area (Å²) in [7, 11) is 1.66. The van der Waals surface area contributed by atoms with Crippen LogP contribution in [0.4, 0.5) is 0 Å². The molecule has 1 saturated heterocycles. The zero-order valence-corrected chi connectivity index (χ0v) is 16.9. The van der Waals surface area contributed by atoms with Crippen molar-refractivity contribution >= 4 is 17.2 Å². The van der Waals surface area contributed by atoms with E-state index in [0.717, 1.165) is 35.0 Å². The van der Waals surface area contributed by atoms with E-state index in [4.69, 9.17) is 4.74 Å². The highest BCUT2D eigenvalue weighted by molar-refractivity contribution is 7.11. The topological polar surface area (TPSA) is 88.2 Å². The van der Waals surface area contributed by atoms with Gasteiger partial charge in [0.15, 0.2) is 0 Å². The van der Waals surface area contributed by atoms with E-state index >= 15 is 0 Å². The number of H-pyrrole nitrogens is 1. The van der Waals surface area contributed by atoms with Gasteiger partial charge in [-0.2, -0.15) is 0 Å². The van der Waals surface area contributed by atoms with E-state index in [1.165, 1.54) is 17.8 Å². The van der Waals surface area contributed by atoms with E-state index < -0.39 is 0 Å². The molecule has 0 aliphatic carbocycles. The summed E-state index contributed by atoms with van der Waals surface area (Å²) in [5, 5.41) is 10.8. The summed E-state index contributed by atoms with van der Waals surface area (Å²) < 4.78 is 5.19. The van der Waals surface area contributed by atoms with E-state index in [1.54, 1.807) is 24.5 Å². The molecule has 0 atom stereocenters. The van der Waals surface area contributed by atoms with Crippen molar-refractivity contribution in [3.63, 3.8) is 0 Å². The first-order chi connectivity index (χ1) is 14.1. The average Bonchev–Trinajstić information content (AvgIpc) is 3.23. The number of hydrogen-bond donors (Lipinski definition) is 1. The van der Waals surface area contributed by atoms with Gasteiger partial charge in [0.1, 0.15) is 15.8 Å². The smallest absolute Gasteiger partial charge is 0.255 e.